The summed E-state index contributed by atoms with van der Waals surface area (Å²) in [6.07, 6.45) is 2.15. The van der Waals surface area contributed by atoms with E-state index in [9.17, 15) is 77.3 Å². The van der Waals surface area contributed by atoms with Crippen LogP contribution in [-0.4, -0.2) is 209 Å². The summed E-state index contributed by atoms with van der Waals surface area (Å²) in [6.45, 7) is 6.32. The topological polar surface area (TPSA) is 569 Å². The number of hydrogen-bond donors (Lipinski definition) is 20. The van der Waals surface area contributed by atoms with Crippen molar-refractivity contribution < 1.29 is 82.1 Å². The molecule has 1 saturated heterocycles. The Balaban J connectivity index is 1.22. The van der Waals surface area contributed by atoms with Gasteiger partial charge in [0.15, 0.2) is 6.04 Å². The number of aromatic amines is 2. The monoisotopic (exact) mass is 1520 g/mol. The third kappa shape index (κ3) is 27.0. The summed E-state index contributed by atoms with van der Waals surface area (Å²) in [5.74, 6) is -13.2. The van der Waals surface area contributed by atoms with E-state index in [1.54, 1.807) is 74.8 Å². The summed E-state index contributed by atoms with van der Waals surface area (Å²) >= 11 is 0. The van der Waals surface area contributed by atoms with Crippen molar-refractivity contribution in [1.82, 2.24) is 73.8 Å². The highest BCUT2D eigenvalue weighted by atomic mass is 16.5. The standard InChI is InChI=1S/C74H106N18O17/c1-6-40(3)22-27-60(96)84-57(34-59(78)95)70(104)88-54(31-43-23-25-46(94)26-24-43)68(102)90-55(32-44-35-79-49-17-10-8-15-47(44)49)69(103)87-53(21-14-30-77)67(101)86-51(19-12-28-75)65(99)81-37-61(97)83-52(20-13-29-76)66(100)89-56(33-45-36-80-50-18-11-9-16-48(45)50)71(105)92-64-42(5)109-74(108)58(39-93)85-62(98)38-82-72(106)63(41(4)7-2)91-73(64)107/h8-11,15-18,23-26,35-36,40-42,51-58,63-64,79-80,93-94H,6-7,12-14,19-22,27-34,37-39,75-77H2,1-5H3,(H2,78,95)(H,81,99)(H,82,106)(H,83,97)(H,84,96)(H,85,98)(H,86,101)(H,87,103)(H,88,104)(H,89,100)(H,90,102)(H,91,107)(H,92,105)/t40?,41?,42-,51+,52-,53-,54-,55-,56+,57-,58+,63+,64+/m1/s1. The summed E-state index contributed by atoms with van der Waals surface area (Å²) < 4.78 is 5.57. The van der Waals surface area contributed by atoms with Crippen LogP contribution in [0.1, 0.15) is 122 Å². The van der Waals surface area contributed by atoms with E-state index in [2.05, 4.69) is 73.8 Å². The number of aromatic nitrogens is 2. The lowest BCUT2D eigenvalue weighted by Crippen LogP contribution is -2.62. The summed E-state index contributed by atoms with van der Waals surface area (Å²) in [5, 5.41) is 52.5. The number of rotatable bonds is 41. The lowest BCUT2D eigenvalue weighted by atomic mass is 9.97. The molecule has 109 heavy (non-hydrogen) atoms. The Morgan fingerprint density at radius 1 is 0.560 bits per heavy atom. The quantitative estimate of drug-likeness (QED) is 0.0178. The van der Waals surface area contributed by atoms with E-state index in [-0.39, 0.29) is 95.5 Å². The fourth-order valence-electron chi connectivity index (χ4n) is 12.1. The number of primary amides is 1. The molecule has 2 unspecified atom stereocenters. The second kappa shape index (κ2) is 43.7. The van der Waals surface area contributed by atoms with Crippen LogP contribution >= 0.6 is 0 Å². The summed E-state index contributed by atoms with van der Waals surface area (Å²) in [6, 6.07) is 4.75. The second-order valence-corrected chi connectivity index (χ2v) is 27.3. The van der Waals surface area contributed by atoms with Gasteiger partial charge in [-0.3, -0.25) is 62.3 Å². The van der Waals surface area contributed by atoms with E-state index in [1.165, 1.54) is 31.2 Å². The number of aliphatic hydroxyl groups excluding tert-OH is 1. The maximum atomic E-state index is 15.0. The van der Waals surface area contributed by atoms with Crippen LogP contribution in [0.25, 0.3) is 21.8 Å². The molecule has 0 bridgehead atoms. The number of esters is 1. The number of benzene rings is 3. The number of aliphatic hydroxyl groups is 1. The molecule has 5 aromatic rings. The fourth-order valence-corrected chi connectivity index (χ4v) is 12.1. The summed E-state index contributed by atoms with van der Waals surface area (Å²) in [7, 11) is 0. The number of ether oxygens (including phenoxy) is 1. The molecule has 13 atom stereocenters. The summed E-state index contributed by atoms with van der Waals surface area (Å²) in [5.41, 5.74) is 26.2. The molecule has 35 nitrogen and oxygen atoms in total. The highest BCUT2D eigenvalue weighted by molar-refractivity contribution is 6.01. The first-order valence-corrected chi connectivity index (χ1v) is 36.7. The number of nitrogens with one attached hydrogen (secondary N) is 14. The van der Waals surface area contributed by atoms with Gasteiger partial charge in [0, 0.05) is 59.9 Å². The molecule has 1 fully saturated rings. The number of aromatic hydroxyl groups is 1. The largest absolute Gasteiger partial charge is 0.508 e. The van der Waals surface area contributed by atoms with E-state index in [0.717, 1.165) is 6.42 Å². The minimum atomic E-state index is -1.79. The van der Waals surface area contributed by atoms with Gasteiger partial charge in [-0.1, -0.05) is 89.1 Å². The third-order valence-corrected chi connectivity index (χ3v) is 18.9. The van der Waals surface area contributed by atoms with Gasteiger partial charge >= 0.3 is 5.97 Å². The van der Waals surface area contributed by atoms with Crippen LogP contribution in [0.3, 0.4) is 0 Å². The predicted octanol–water partition coefficient (Wildman–Crippen LogP) is -2.63. The van der Waals surface area contributed by atoms with Crippen LogP contribution in [0, 0.1) is 11.8 Å². The number of carbonyl (C=O) groups is 14. The number of nitrogens with two attached hydrogens (primary N) is 4. The van der Waals surface area contributed by atoms with Gasteiger partial charge in [0.1, 0.15) is 66.2 Å². The van der Waals surface area contributed by atoms with Gasteiger partial charge in [-0.05, 0) is 124 Å². The molecule has 6 rings (SSSR count). The molecule has 13 amide bonds. The molecule has 1 aliphatic rings. The predicted molar refractivity (Wildman–Crippen MR) is 401 cm³/mol. The molecule has 1 aliphatic heterocycles. The van der Waals surface area contributed by atoms with E-state index >= 15 is 0 Å². The Morgan fingerprint density at radius 2 is 1.04 bits per heavy atom. The molecule has 3 aromatic carbocycles. The Labute approximate surface area is 630 Å². The van der Waals surface area contributed by atoms with Crippen molar-refractivity contribution in [2.75, 3.05) is 39.3 Å². The highest BCUT2D eigenvalue weighted by Gasteiger charge is 2.40. The lowest BCUT2D eigenvalue weighted by Gasteiger charge is -2.30. The van der Waals surface area contributed by atoms with Crippen LogP contribution in [0.5, 0.6) is 5.75 Å². The Hall–Kier alpha value is -11.0. The van der Waals surface area contributed by atoms with Crippen LogP contribution in [-0.2, 0) is 91.1 Å². The number of phenolic OH excluding ortho intramolecular Hbond substituents is 1. The second-order valence-electron chi connectivity index (χ2n) is 27.3. The zero-order valence-corrected chi connectivity index (χ0v) is 62.1. The maximum absolute atomic E-state index is 15.0. The molecule has 24 N–H and O–H groups in total. The number of fused-ring (bicyclic) bond motifs is 2. The van der Waals surface area contributed by atoms with Crippen LogP contribution in [0.2, 0.25) is 0 Å². The molecule has 594 valence electrons. The van der Waals surface area contributed by atoms with Crippen molar-refractivity contribution in [3.05, 3.63) is 102 Å². The number of carbonyl (C=O) groups excluding carboxylic acids is 14. The number of cyclic esters (lactones) is 1. The molecule has 3 heterocycles. The Bertz CT molecular complexity index is 3960. The van der Waals surface area contributed by atoms with Crippen molar-refractivity contribution in [3.63, 3.8) is 0 Å². The normalized spacial score (nSPS) is 18.0. The van der Waals surface area contributed by atoms with E-state index in [0.29, 0.717) is 51.3 Å². The van der Waals surface area contributed by atoms with E-state index in [4.69, 9.17) is 27.7 Å². The first-order chi connectivity index (χ1) is 52.1. The zero-order chi connectivity index (χ0) is 79.9. The van der Waals surface area contributed by atoms with Gasteiger partial charge in [-0.25, -0.2) is 4.79 Å². The summed E-state index contributed by atoms with van der Waals surface area (Å²) in [4.78, 5) is 202. The average molecular weight is 1520 g/mol. The van der Waals surface area contributed by atoms with Crippen molar-refractivity contribution in [3.8, 4) is 5.75 Å². The van der Waals surface area contributed by atoms with Gasteiger partial charge in [0.05, 0.1) is 26.1 Å². The van der Waals surface area contributed by atoms with Gasteiger partial charge in [-0.2, -0.15) is 0 Å². The van der Waals surface area contributed by atoms with Crippen molar-refractivity contribution in [2.24, 2.45) is 34.8 Å². The zero-order valence-electron chi connectivity index (χ0n) is 62.1. The van der Waals surface area contributed by atoms with Gasteiger partial charge in [0.25, 0.3) is 0 Å². The van der Waals surface area contributed by atoms with Gasteiger partial charge < -0.3 is 112 Å². The van der Waals surface area contributed by atoms with Crippen LogP contribution in [0.4, 0.5) is 0 Å². The molecule has 0 radical (unpaired) electrons. The van der Waals surface area contributed by atoms with Crippen LogP contribution < -0.4 is 86.7 Å². The molecule has 0 aliphatic carbocycles. The van der Waals surface area contributed by atoms with Crippen molar-refractivity contribution in [2.45, 2.75) is 191 Å². The molecular formula is C74H106N18O17. The number of para-hydroxylation sites is 2. The number of hydrogen-bond acceptors (Lipinski definition) is 20. The molecule has 35 heteroatoms. The number of H-pyrrole nitrogens is 2. The smallest absolute Gasteiger partial charge is 0.331 e. The van der Waals surface area contributed by atoms with E-state index < -0.39 is 181 Å². The van der Waals surface area contributed by atoms with E-state index in [1.807, 2.05) is 13.8 Å². The Kier molecular flexibility index (Phi) is 34.8. The van der Waals surface area contributed by atoms with Crippen molar-refractivity contribution in [1.29, 1.82) is 0 Å². The minimum absolute atomic E-state index is 0.0272. The van der Waals surface area contributed by atoms with Crippen LogP contribution in [0.15, 0.2) is 85.2 Å². The third-order valence-electron chi connectivity index (χ3n) is 18.9. The average Bonchev–Trinajstić information content (AvgIpc) is 1.72. The fraction of sp³-hybridized carbons (Fsp3) is 0.514. The lowest BCUT2D eigenvalue weighted by molar-refractivity contribution is -0.157. The first kappa shape index (κ1) is 86.9. The van der Waals surface area contributed by atoms with Crippen molar-refractivity contribution >= 4 is 105 Å². The maximum Gasteiger partial charge on any atom is 0.331 e. The molecule has 2 aromatic heterocycles. The number of amides is 13. The van der Waals surface area contributed by atoms with Gasteiger partial charge in [-0.15, -0.1) is 0 Å². The minimum Gasteiger partial charge on any atom is -0.508 e. The molecule has 0 spiro atoms. The SMILES string of the molecule is CCC(C)CCC(=O)N[C@H](CC(N)=O)C(=O)N[C@H](Cc1ccc(O)cc1)C(=O)N[C@H](Cc1c[nH]c2ccccc12)C(=O)N[C@H](CCCN)C(=O)N[C@@H](CCCN)C(=O)NCC(=O)N[C@H](CCCN)C(=O)N[C@@H](Cc1c[nH]c2ccccc12)C(=O)N[C@@H]1C(=O)N[C@@H](C(C)CC)C(=O)NCC(=O)N[C@@H](CO)C(=O)O[C@@H]1C. The highest BCUT2D eigenvalue weighted by Crippen LogP contribution is 2.23. The Morgan fingerprint density at radius 3 is 1.55 bits per heavy atom. The first-order valence-electron chi connectivity index (χ1n) is 36.7. The number of phenols is 1. The van der Waals surface area contributed by atoms with Gasteiger partial charge in [0.2, 0.25) is 76.8 Å². The molecular weight excluding hydrogens is 1410 g/mol. The molecule has 0 saturated carbocycles.